The lowest BCUT2D eigenvalue weighted by atomic mass is 10.3. The largest absolute Gasteiger partial charge is 0.433 e. The van der Waals surface area contributed by atoms with Crippen LogP contribution in [-0.4, -0.2) is 25.8 Å². The highest BCUT2D eigenvalue weighted by molar-refractivity contribution is 8.02. The maximum atomic E-state index is 14.7. The Labute approximate surface area is 209 Å². The molecule has 0 aliphatic rings. The third-order valence-corrected chi connectivity index (χ3v) is 7.29. The van der Waals surface area contributed by atoms with Gasteiger partial charge < -0.3 is 10.6 Å². The van der Waals surface area contributed by atoms with Crippen molar-refractivity contribution in [1.82, 2.24) is 14.2 Å². The summed E-state index contributed by atoms with van der Waals surface area (Å²) in [5.74, 6) is 4.83. The van der Waals surface area contributed by atoms with Gasteiger partial charge in [0.25, 0.3) is 5.56 Å². The molecule has 1 aromatic carbocycles. The number of nitrogens with two attached hydrogens (primary N) is 1. The number of carbonyl (C=O) groups excluding carboxylic acids is 1. The fourth-order valence-electron chi connectivity index (χ4n) is 2.93. The minimum atomic E-state index is -5.06. The number of pyridine rings is 1. The van der Waals surface area contributed by atoms with Crippen LogP contribution in [0.2, 0.25) is 5.02 Å². The van der Waals surface area contributed by atoms with Crippen molar-refractivity contribution in [2.75, 3.05) is 11.6 Å². The average Bonchev–Trinajstić information content (AvgIpc) is 2.76. The number of hydrogen-bond acceptors (Lipinski definition) is 7. The minimum Gasteiger partial charge on any atom is -0.335 e. The summed E-state index contributed by atoms with van der Waals surface area (Å²) in [6.45, 7) is 1.50. The highest BCUT2D eigenvalue weighted by atomic mass is 35.5. The quantitative estimate of drug-likeness (QED) is 0.191. The molecule has 0 aliphatic carbocycles. The molecular formula is C21H17ClF4N4O3S2. The van der Waals surface area contributed by atoms with Gasteiger partial charge in [0.15, 0.2) is 5.69 Å². The van der Waals surface area contributed by atoms with E-state index in [4.69, 9.17) is 17.4 Å². The lowest BCUT2D eigenvalue weighted by Crippen LogP contribution is -2.45. The van der Waals surface area contributed by atoms with E-state index in [0.29, 0.717) is 28.5 Å². The first-order chi connectivity index (χ1) is 16.4. The molecule has 0 unspecified atom stereocenters. The number of benzene rings is 1. The topological polar surface area (TPSA) is 100.0 Å². The van der Waals surface area contributed by atoms with Gasteiger partial charge in [-0.15, -0.1) is 11.8 Å². The Balaban J connectivity index is 2.01. The number of carbonyl (C=O) groups is 1. The van der Waals surface area contributed by atoms with Crippen LogP contribution >= 0.6 is 35.1 Å². The van der Waals surface area contributed by atoms with E-state index in [-0.39, 0.29) is 31.0 Å². The zero-order chi connectivity index (χ0) is 25.9. The van der Waals surface area contributed by atoms with Gasteiger partial charge in [-0.05, 0) is 43.4 Å². The maximum absolute atomic E-state index is 14.7. The normalized spacial score (nSPS) is 11.6. The van der Waals surface area contributed by atoms with Crippen molar-refractivity contribution in [1.29, 1.82) is 0 Å². The summed E-state index contributed by atoms with van der Waals surface area (Å²) < 4.78 is 53.8. The molecule has 0 aliphatic heterocycles. The predicted molar refractivity (Wildman–Crippen MR) is 125 cm³/mol. The SMILES string of the molecule is CC(=O)CCCSc1ncccc1Sc1cc(-n2c(=O)cc(C(F)(F)F)n(N)c2=O)c(F)cc1Cl. The van der Waals surface area contributed by atoms with Gasteiger partial charge in [-0.1, -0.05) is 23.4 Å². The van der Waals surface area contributed by atoms with Crippen LogP contribution in [0.25, 0.3) is 5.69 Å². The molecule has 0 bridgehead atoms. The fourth-order valence-corrected chi connectivity index (χ4v) is 5.18. The van der Waals surface area contributed by atoms with Crippen LogP contribution in [0.4, 0.5) is 17.6 Å². The first-order valence-corrected chi connectivity index (χ1v) is 12.0. The first-order valence-electron chi connectivity index (χ1n) is 9.86. The highest BCUT2D eigenvalue weighted by Crippen LogP contribution is 2.39. The van der Waals surface area contributed by atoms with Crippen LogP contribution in [-0.2, 0) is 11.0 Å². The molecule has 3 aromatic rings. The van der Waals surface area contributed by atoms with Crippen molar-refractivity contribution in [3.63, 3.8) is 0 Å². The van der Waals surface area contributed by atoms with Gasteiger partial charge in [0, 0.05) is 28.5 Å². The molecule has 2 heterocycles. The molecule has 0 amide bonds. The molecule has 186 valence electrons. The Hall–Kier alpha value is -2.77. The van der Waals surface area contributed by atoms with Crippen LogP contribution in [0, 0.1) is 5.82 Å². The third kappa shape index (κ3) is 6.27. The standard InChI is InChI=1S/C21H17ClF4N4O3S2/c1-11(31)4-3-7-34-19-15(5-2-6-28-19)35-16-9-14(13(23)8-12(16)22)29-18(32)10-17(21(24,25)26)30(27)20(29)33/h2,5-6,8-10H,3-4,7,27H2,1H3. The second kappa shape index (κ2) is 10.9. The van der Waals surface area contributed by atoms with Crippen LogP contribution in [0.1, 0.15) is 25.5 Å². The number of hydrogen-bond donors (Lipinski definition) is 1. The van der Waals surface area contributed by atoms with Crippen LogP contribution in [0.3, 0.4) is 0 Å². The summed E-state index contributed by atoms with van der Waals surface area (Å²) in [5.41, 5.74) is -5.27. The Morgan fingerprint density at radius 2 is 1.91 bits per heavy atom. The number of nitrogen functional groups attached to an aromatic ring is 1. The van der Waals surface area contributed by atoms with E-state index < -0.39 is 34.6 Å². The molecule has 14 heteroatoms. The fraction of sp³-hybridized carbons (Fsp3) is 0.238. The minimum absolute atomic E-state index is 0.0549. The monoisotopic (exact) mass is 548 g/mol. The molecule has 0 fully saturated rings. The summed E-state index contributed by atoms with van der Waals surface area (Å²) in [6.07, 6.45) is -2.43. The molecule has 0 spiro atoms. The third-order valence-electron chi connectivity index (χ3n) is 4.54. The molecule has 2 aromatic heterocycles. The maximum Gasteiger partial charge on any atom is 0.433 e. The van der Waals surface area contributed by atoms with Gasteiger partial charge in [0.2, 0.25) is 0 Å². The predicted octanol–water partition coefficient (Wildman–Crippen LogP) is 4.53. The number of rotatable bonds is 8. The molecule has 2 N–H and O–H groups in total. The Morgan fingerprint density at radius 1 is 1.20 bits per heavy atom. The zero-order valence-electron chi connectivity index (χ0n) is 17.9. The number of nitrogens with zero attached hydrogens (tertiary/aromatic N) is 3. The number of ketones is 1. The van der Waals surface area contributed by atoms with Crippen LogP contribution < -0.4 is 17.1 Å². The van der Waals surface area contributed by atoms with Gasteiger partial charge in [0.1, 0.15) is 16.6 Å². The molecule has 0 saturated heterocycles. The van der Waals surface area contributed by atoms with E-state index in [1.165, 1.54) is 18.7 Å². The molecule has 3 rings (SSSR count). The summed E-state index contributed by atoms with van der Waals surface area (Å²) >= 11 is 8.64. The average molecular weight is 549 g/mol. The van der Waals surface area contributed by atoms with E-state index in [2.05, 4.69) is 4.98 Å². The molecule has 7 nitrogen and oxygen atoms in total. The molecule has 0 atom stereocenters. The van der Waals surface area contributed by atoms with E-state index in [1.807, 2.05) is 0 Å². The Kier molecular flexibility index (Phi) is 8.34. The molecule has 0 saturated carbocycles. The van der Waals surface area contributed by atoms with Gasteiger partial charge in [-0.2, -0.15) is 13.2 Å². The van der Waals surface area contributed by atoms with Gasteiger partial charge in [-0.25, -0.2) is 23.4 Å². The first kappa shape index (κ1) is 26.8. The van der Waals surface area contributed by atoms with E-state index in [1.54, 1.807) is 18.3 Å². The zero-order valence-corrected chi connectivity index (χ0v) is 20.3. The van der Waals surface area contributed by atoms with E-state index >= 15 is 0 Å². The second-order valence-electron chi connectivity index (χ2n) is 7.15. The van der Waals surface area contributed by atoms with Gasteiger partial charge >= 0.3 is 11.9 Å². The molecular weight excluding hydrogens is 532 g/mol. The smallest absolute Gasteiger partial charge is 0.335 e. The Bertz CT molecular complexity index is 1390. The van der Waals surface area contributed by atoms with Crippen molar-refractivity contribution in [2.24, 2.45) is 0 Å². The second-order valence-corrected chi connectivity index (χ2v) is 9.72. The van der Waals surface area contributed by atoms with Crippen molar-refractivity contribution >= 4 is 40.9 Å². The lowest BCUT2D eigenvalue weighted by molar-refractivity contribution is -0.143. The Morgan fingerprint density at radius 3 is 2.57 bits per heavy atom. The van der Waals surface area contributed by atoms with E-state index in [0.717, 1.165) is 23.9 Å². The summed E-state index contributed by atoms with van der Waals surface area (Å²) in [7, 11) is 0. The number of Topliss-reactive ketones (excluding diaryl/α,β-unsaturated/α-hetero) is 1. The van der Waals surface area contributed by atoms with Crippen molar-refractivity contribution in [3.8, 4) is 5.69 Å². The molecule has 35 heavy (non-hydrogen) atoms. The summed E-state index contributed by atoms with van der Waals surface area (Å²) in [5, 5.41) is 0.555. The van der Waals surface area contributed by atoms with Gasteiger partial charge in [-0.3, -0.25) is 4.79 Å². The van der Waals surface area contributed by atoms with Crippen molar-refractivity contribution in [2.45, 2.75) is 40.8 Å². The lowest BCUT2D eigenvalue weighted by Gasteiger charge is -2.15. The van der Waals surface area contributed by atoms with Crippen molar-refractivity contribution in [3.05, 3.63) is 73.9 Å². The van der Waals surface area contributed by atoms with E-state index in [9.17, 15) is 31.9 Å². The van der Waals surface area contributed by atoms with Crippen LogP contribution in [0.15, 0.2) is 60.9 Å². The number of aromatic nitrogens is 3. The summed E-state index contributed by atoms with van der Waals surface area (Å²) in [4.78, 5) is 41.1. The number of thioether (sulfide) groups is 1. The number of alkyl halides is 3. The summed E-state index contributed by atoms with van der Waals surface area (Å²) in [6, 6.07) is 5.42. The van der Waals surface area contributed by atoms with Gasteiger partial charge in [0.05, 0.1) is 10.7 Å². The highest BCUT2D eigenvalue weighted by Gasteiger charge is 2.36. The van der Waals surface area contributed by atoms with Crippen molar-refractivity contribution < 1.29 is 22.4 Å². The number of halogens is 5. The molecule has 0 radical (unpaired) electrons. The van der Waals surface area contributed by atoms with Crippen LogP contribution in [0.5, 0.6) is 0 Å².